The second-order valence-electron chi connectivity index (χ2n) is 4.21. The van der Waals surface area contributed by atoms with Crippen molar-refractivity contribution in [1.29, 1.82) is 0 Å². The summed E-state index contributed by atoms with van der Waals surface area (Å²) in [7, 11) is 3.97. The van der Waals surface area contributed by atoms with Gasteiger partial charge in [0, 0.05) is 19.6 Å². The molecule has 0 bridgehead atoms. The first-order valence-electron chi connectivity index (χ1n) is 5.14. The van der Waals surface area contributed by atoms with Crippen LogP contribution in [0.1, 0.15) is 13.8 Å². The highest BCUT2D eigenvalue weighted by Gasteiger charge is 2.07. The first-order chi connectivity index (χ1) is 6.91. The lowest BCUT2D eigenvalue weighted by Crippen LogP contribution is -2.35. The molecule has 0 unspecified atom stereocenters. The zero-order chi connectivity index (χ0) is 11.8. The molecule has 0 saturated carbocycles. The molecule has 0 aliphatic rings. The standard InChI is InChI=1S/C11H22N2O2/c1-10(2)5-6-13(9-11(14)15)8-7-12(3)4/h5H,6-9H2,1-4H3,(H,14,15). The summed E-state index contributed by atoms with van der Waals surface area (Å²) >= 11 is 0. The minimum Gasteiger partial charge on any atom is -0.480 e. The third-order valence-corrected chi connectivity index (χ3v) is 1.98. The summed E-state index contributed by atoms with van der Waals surface area (Å²) in [5, 5.41) is 8.74. The van der Waals surface area contributed by atoms with Crippen LogP contribution in [0.15, 0.2) is 11.6 Å². The van der Waals surface area contributed by atoms with E-state index < -0.39 is 5.97 Å². The van der Waals surface area contributed by atoms with E-state index in [-0.39, 0.29) is 6.54 Å². The van der Waals surface area contributed by atoms with Gasteiger partial charge in [-0.2, -0.15) is 0 Å². The molecule has 0 aliphatic carbocycles. The largest absolute Gasteiger partial charge is 0.480 e. The van der Waals surface area contributed by atoms with Gasteiger partial charge in [-0.15, -0.1) is 0 Å². The summed E-state index contributed by atoms with van der Waals surface area (Å²) in [6.07, 6.45) is 2.05. The molecule has 0 spiro atoms. The van der Waals surface area contributed by atoms with Crippen molar-refractivity contribution >= 4 is 5.97 Å². The molecule has 1 N–H and O–H groups in total. The Kier molecular flexibility index (Phi) is 6.99. The number of rotatable bonds is 7. The second-order valence-corrected chi connectivity index (χ2v) is 4.21. The molecule has 0 atom stereocenters. The molecule has 0 fully saturated rings. The van der Waals surface area contributed by atoms with E-state index in [1.54, 1.807) is 0 Å². The fourth-order valence-electron chi connectivity index (χ4n) is 1.08. The molecule has 88 valence electrons. The van der Waals surface area contributed by atoms with Crippen LogP contribution in [0.3, 0.4) is 0 Å². The van der Waals surface area contributed by atoms with Gasteiger partial charge in [0.1, 0.15) is 0 Å². The quantitative estimate of drug-likeness (QED) is 0.640. The highest BCUT2D eigenvalue weighted by molar-refractivity contribution is 5.69. The van der Waals surface area contributed by atoms with Gasteiger partial charge in [0.2, 0.25) is 0 Å². The maximum Gasteiger partial charge on any atom is 0.317 e. The van der Waals surface area contributed by atoms with Crippen LogP contribution in [-0.2, 0) is 4.79 Å². The summed E-state index contributed by atoms with van der Waals surface area (Å²) in [4.78, 5) is 14.6. The minimum atomic E-state index is -0.768. The Balaban J connectivity index is 4.06. The van der Waals surface area contributed by atoms with E-state index in [4.69, 9.17) is 5.11 Å². The number of likely N-dealkylation sites (N-methyl/N-ethyl adjacent to an activating group) is 1. The summed E-state index contributed by atoms with van der Waals surface area (Å²) < 4.78 is 0. The predicted molar refractivity (Wildman–Crippen MR) is 62.1 cm³/mol. The Morgan fingerprint density at radius 3 is 2.27 bits per heavy atom. The monoisotopic (exact) mass is 214 g/mol. The van der Waals surface area contributed by atoms with Gasteiger partial charge in [-0.3, -0.25) is 9.69 Å². The predicted octanol–water partition coefficient (Wildman–Crippen LogP) is 0.901. The first-order valence-corrected chi connectivity index (χ1v) is 5.14. The number of carbonyl (C=O) groups is 1. The second kappa shape index (κ2) is 7.43. The Bertz CT molecular complexity index is 221. The number of carboxylic acids is 1. The third kappa shape index (κ3) is 9.43. The van der Waals surface area contributed by atoms with Gasteiger partial charge >= 0.3 is 5.97 Å². The highest BCUT2D eigenvalue weighted by Crippen LogP contribution is 1.94. The van der Waals surface area contributed by atoms with Crippen molar-refractivity contribution in [3.8, 4) is 0 Å². The van der Waals surface area contributed by atoms with Gasteiger partial charge in [0.05, 0.1) is 6.54 Å². The van der Waals surface area contributed by atoms with Crippen LogP contribution in [0.25, 0.3) is 0 Å². The number of aliphatic carboxylic acids is 1. The molecule has 0 aliphatic heterocycles. The van der Waals surface area contributed by atoms with Crippen LogP contribution in [-0.4, -0.2) is 61.2 Å². The highest BCUT2D eigenvalue weighted by atomic mass is 16.4. The molecule has 0 saturated heterocycles. The van der Waals surface area contributed by atoms with Gasteiger partial charge in [-0.25, -0.2) is 0 Å². The maximum atomic E-state index is 10.6. The number of nitrogens with zero attached hydrogens (tertiary/aromatic N) is 2. The van der Waals surface area contributed by atoms with E-state index in [0.717, 1.165) is 13.1 Å². The lowest BCUT2D eigenvalue weighted by atomic mass is 10.3. The van der Waals surface area contributed by atoms with Crippen molar-refractivity contribution in [3.63, 3.8) is 0 Å². The Labute approximate surface area is 92.2 Å². The van der Waals surface area contributed by atoms with Crippen molar-refractivity contribution in [1.82, 2.24) is 9.80 Å². The van der Waals surface area contributed by atoms with Crippen molar-refractivity contribution in [2.75, 3.05) is 40.3 Å². The molecule has 4 heteroatoms. The molecule has 0 aromatic carbocycles. The van der Waals surface area contributed by atoms with Crippen LogP contribution >= 0.6 is 0 Å². The summed E-state index contributed by atoms with van der Waals surface area (Å²) in [6, 6.07) is 0. The molecular formula is C11H22N2O2. The smallest absolute Gasteiger partial charge is 0.317 e. The van der Waals surface area contributed by atoms with E-state index >= 15 is 0 Å². The molecule has 4 nitrogen and oxygen atoms in total. The molecule has 0 rings (SSSR count). The average molecular weight is 214 g/mol. The van der Waals surface area contributed by atoms with E-state index in [2.05, 4.69) is 11.0 Å². The molecule has 0 radical (unpaired) electrons. The van der Waals surface area contributed by atoms with Crippen LogP contribution in [0.4, 0.5) is 0 Å². The van der Waals surface area contributed by atoms with E-state index in [1.165, 1.54) is 5.57 Å². The number of allylic oxidation sites excluding steroid dienone is 1. The van der Waals surface area contributed by atoms with Gasteiger partial charge in [-0.05, 0) is 27.9 Å². The van der Waals surface area contributed by atoms with Crippen molar-refractivity contribution in [2.24, 2.45) is 0 Å². The first kappa shape index (κ1) is 14.1. The van der Waals surface area contributed by atoms with Crippen LogP contribution in [0, 0.1) is 0 Å². The molecule has 0 aromatic heterocycles. The van der Waals surface area contributed by atoms with Gasteiger partial charge in [0.15, 0.2) is 0 Å². The lowest BCUT2D eigenvalue weighted by Gasteiger charge is -2.20. The summed E-state index contributed by atoms with van der Waals surface area (Å²) in [6.45, 7) is 6.52. The average Bonchev–Trinajstić information content (AvgIpc) is 2.08. The molecule has 0 aromatic rings. The van der Waals surface area contributed by atoms with Crippen LogP contribution in [0.2, 0.25) is 0 Å². The van der Waals surface area contributed by atoms with Gasteiger partial charge in [-0.1, -0.05) is 11.6 Å². The summed E-state index contributed by atoms with van der Waals surface area (Å²) in [5.41, 5.74) is 1.22. The SMILES string of the molecule is CC(C)=CCN(CCN(C)C)CC(=O)O. The lowest BCUT2D eigenvalue weighted by molar-refractivity contribution is -0.138. The van der Waals surface area contributed by atoms with Crippen molar-refractivity contribution in [3.05, 3.63) is 11.6 Å². The minimum absolute atomic E-state index is 0.109. The van der Waals surface area contributed by atoms with Crippen molar-refractivity contribution in [2.45, 2.75) is 13.8 Å². The molecular weight excluding hydrogens is 192 g/mol. The molecule has 0 heterocycles. The van der Waals surface area contributed by atoms with E-state index in [9.17, 15) is 4.79 Å². The van der Waals surface area contributed by atoms with Gasteiger partial charge < -0.3 is 10.0 Å². The normalized spacial score (nSPS) is 10.8. The van der Waals surface area contributed by atoms with Crippen molar-refractivity contribution < 1.29 is 9.90 Å². The Morgan fingerprint density at radius 2 is 1.87 bits per heavy atom. The Morgan fingerprint density at radius 1 is 1.27 bits per heavy atom. The van der Waals surface area contributed by atoms with Crippen LogP contribution in [0.5, 0.6) is 0 Å². The van der Waals surface area contributed by atoms with E-state index in [1.807, 2.05) is 32.8 Å². The molecule has 0 amide bonds. The van der Waals surface area contributed by atoms with E-state index in [0.29, 0.717) is 6.54 Å². The number of hydrogen-bond acceptors (Lipinski definition) is 3. The van der Waals surface area contributed by atoms with Gasteiger partial charge in [0.25, 0.3) is 0 Å². The number of hydrogen-bond donors (Lipinski definition) is 1. The zero-order valence-electron chi connectivity index (χ0n) is 10.2. The third-order valence-electron chi connectivity index (χ3n) is 1.98. The maximum absolute atomic E-state index is 10.6. The molecule has 15 heavy (non-hydrogen) atoms. The fraction of sp³-hybridized carbons (Fsp3) is 0.727. The summed E-state index contributed by atoms with van der Waals surface area (Å²) in [5.74, 6) is -0.768. The number of carboxylic acid groups (broad SMARTS) is 1. The zero-order valence-corrected chi connectivity index (χ0v) is 10.2. The fourth-order valence-corrected chi connectivity index (χ4v) is 1.08. The topological polar surface area (TPSA) is 43.8 Å². The van der Waals surface area contributed by atoms with Crippen LogP contribution < -0.4 is 0 Å². The Hall–Kier alpha value is -0.870.